The number of carbonyl (C=O) groups excluding carboxylic acids is 1. The van der Waals surface area contributed by atoms with E-state index in [1.54, 1.807) is 18.2 Å². The van der Waals surface area contributed by atoms with Gasteiger partial charge in [-0.3, -0.25) is 4.79 Å². The van der Waals surface area contributed by atoms with Crippen LogP contribution >= 0.6 is 23.2 Å². The van der Waals surface area contributed by atoms with Gasteiger partial charge in [0.1, 0.15) is 0 Å². The maximum absolute atomic E-state index is 12.7. The van der Waals surface area contributed by atoms with Crippen LogP contribution in [0.25, 0.3) is 17.0 Å². The van der Waals surface area contributed by atoms with Gasteiger partial charge in [0.15, 0.2) is 0 Å². The molecule has 4 atom stereocenters. The van der Waals surface area contributed by atoms with E-state index >= 15 is 0 Å². The molecular weight excluding hydrogens is 501 g/mol. The number of piperidine rings is 1. The topological polar surface area (TPSA) is 48.1 Å². The fraction of sp³-hybridized carbons (Fsp3) is 0.452. The number of halogens is 2. The number of carbonyl (C=O) groups is 1. The number of hydrogen-bond donors (Lipinski definition) is 2. The number of hydrogen-bond acceptors (Lipinski definition) is 2. The minimum absolute atomic E-state index is 0.00854. The van der Waals surface area contributed by atoms with Crippen LogP contribution in [0.4, 0.5) is 0 Å². The first-order valence-corrected chi connectivity index (χ1v) is 14.5. The third-order valence-corrected chi connectivity index (χ3v) is 9.78. The van der Waals surface area contributed by atoms with Crippen LogP contribution in [-0.4, -0.2) is 41.5 Å². The molecule has 0 radical (unpaired) electrons. The molecule has 194 valence electrons. The summed E-state index contributed by atoms with van der Waals surface area (Å²) < 4.78 is 0. The second kappa shape index (κ2) is 10.8. The van der Waals surface area contributed by atoms with Gasteiger partial charge in [0, 0.05) is 35.8 Å². The van der Waals surface area contributed by atoms with E-state index in [9.17, 15) is 4.79 Å². The molecule has 2 unspecified atom stereocenters. The number of amides is 1. The maximum Gasteiger partial charge on any atom is 0.244 e. The lowest BCUT2D eigenvalue weighted by Gasteiger charge is -2.39. The minimum Gasteiger partial charge on any atom is -0.361 e. The van der Waals surface area contributed by atoms with Crippen molar-refractivity contribution < 1.29 is 4.79 Å². The van der Waals surface area contributed by atoms with Crippen molar-refractivity contribution in [2.45, 2.75) is 50.5 Å². The molecular formula is C31H35Cl2N3O. The van der Waals surface area contributed by atoms with Crippen molar-refractivity contribution in [3.63, 3.8) is 0 Å². The highest BCUT2D eigenvalue weighted by atomic mass is 35.5. The summed E-state index contributed by atoms with van der Waals surface area (Å²) in [5, 5.41) is 5.76. The Kier molecular flexibility index (Phi) is 7.34. The molecule has 37 heavy (non-hydrogen) atoms. The van der Waals surface area contributed by atoms with Crippen LogP contribution in [-0.2, 0) is 4.79 Å². The van der Waals surface area contributed by atoms with Crippen LogP contribution in [0, 0.1) is 17.8 Å². The highest BCUT2D eigenvalue weighted by molar-refractivity contribution is 6.42. The van der Waals surface area contributed by atoms with E-state index in [-0.39, 0.29) is 5.91 Å². The van der Waals surface area contributed by atoms with Gasteiger partial charge in [-0.25, -0.2) is 0 Å². The maximum atomic E-state index is 12.7. The van der Waals surface area contributed by atoms with E-state index < -0.39 is 0 Å². The summed E-state index contributed by atoms with van der Waals surface area (Å²) in [6.45, 7) is 3.59. The lowest BCUT2D eigenvalue weighted by Crippen LogP contribution is -2.46. The van der Waals surface area contributed by atoms with Crippen molar-refractivity contribution in [3.05, 3.63) is 75.9 Å². The molecule has 1 aliphatic heterocycles. The first kappa shape index (κ1) is 25.0. The standard InChI is InChI=1S/C31H35Cl2N3O/c32-27-9-5-20(17-28(27)33)6-10-30(37)35-31-23-7-8-24(31)16-21(15-23)19-36-13-11-22(12-14-36)26-18-34-29-4-2-1-3-25(26)29/h1-6,9-10,17-18,21-24,31,34H,7-8,11-16,19H2,(H,35,37)/b10-6+/t21?,23-,24+,31?. The van der Waals surface area contributed by atoms with Crippen molar-refractivity contribution in [1.82, 2.24) is 15.2 Å². The Bertz CT molecular complexity index is 1280. The Morgan fingerprint density at radius 2 is 1.76 bits per heavy atom. The SMILES string of the molecule is O=C(/C=C/c1ccc(Cl)c(Cl)c1)NC1[C@@H]2CC[C@H]1CC(CN1CCC(c3c[nH]c4ccccc34)CC1)C2. The molecule has 6 rings (SSSR count). The van der Waals surface area contributed by atoms with Gasteiger partial charge in [0.2, 0.25) is 5.91 Å². The zero-order valence-electron chi connectivity index (χ0n) is 21.1. The number of H-pyrrole nitrogens is 1. The van der Waals surface area contributed by atoms with Gasteiger partial charge in [0.05, 0.1) is 10.0 Å². The highest BCUT2D eigenvalue weighted by Crippen LogP contribution is 2.45. The average Bonchev–Trinajstić information content (AvgIpc) is 3.43. The molecule has 2 aromatic carbocycles. The van der Waals surface area contributed by atoms with E-state index in [0.29, 0.717) is 33.8 Å². The molecule has 6 heteroatoms. The number of rotatable bonds is 6. The normalized spacial score (nSPS) is 26.8. The van der Waals surface area contributed by atoms with Gasteiger partial charge in [-0.15, -0.1) is 0 Å². The minimum atomic E-state index is -0.00854. The molecule has 2 bridgehead atoms. The van der Waals surface area contributed by atoms with Crippen LogP contribution in [0.1, 0.15) is 55.6 Å². The van der Waals surface area contributed by atoms with Crippen LogP contribution in [0.5, 0.6) is 0 Å². The molecule has 3 fully saturated rings. The zero-order chi connectivity index (χ0) is 25.4. The summed E-state index contributed by atoms with van der Waals surface area (Å²) >= 11 is 12.1. The molecule has 2 heterocycles. The van der Waals surface area contributed by atoms with E-state index in [1.807, 2.05) is 12.1 Å². The van der Waals surface area contributed by atoms with Gasteiger partial charge in [-0.2, -0.15) is 0 Å². The average molecular weight is 537 g/mol. The quantitative estimate of drug-likeness (QED) is 0.325. The Morgan fingerprint density at radius 3 is 2.51 bits per heavy atom. The molecule has 2 aliphatic carbocycles. The van der Waals surface area contributed by atoms with E-state index in [4.69, 9.17) is 23.2 Å². The van der Waals surface area contributed by atoms with E-state index in [0.717, 1.165) is 11.5 Å². The highest BCUT2D eigenvalue weighted by Gasteiger charge is 2.43. The Balaban J connectivity index is 0.992. The van der Waals surface area contributed by atoms with Crippen LogP contribution in [0.3, 0.4) is 0 Å². The molecule has 2 saturated carbocycles. The zero-order valence-corrected chi connectivity index (χ0v) is 22.6. The summed E-state index contributed by atoms with van der Waals surface area (Å²) in [4.78, 5) is 18.9. The first-order valence-electron chi connectivity index (χ1n) is 13.8. The Labute approximate surface area is 229 Å². The second-order valence-corrected chi connectivity index (χ2v) is 12.2. The molecule has 3 aromatic rings. The molecule has 4 nitrogen and oxygen atoms in total. The van der Waals surface area contributed by atoms with Crippen molar-refractivity contribution in [2.75, 3.05) is 19.6 Å². The van der Waals surface area contributed by atoms with Crippen molar-refractivity contribution in [3.8, 4) is 0 Å². The van der Waals surface area contributed by atoms with E-state index in [2.05, 4.69) is 45.7 Å². The van der Waals surface area contributed by atoms with E-state index in [1.165, 1.54) is 74.6 Å². The predicted molar refractivity (Wildman–Crippen MR) is 153 cm³/mol. The van der Waals surface area contributed by atoms with Gasteiger partial charge in [-0.05, 0) is 111 Å². The van der Waals surface area contributed by atoms with Crippen LogP contribution in [0.15, 0.2) is 54.7 Å². The Hall–Kier alpha value is -2.27. The summed E-state index contributed by atoms with van der Waals surface area (Å²) in [7, 11) is 0. The van der Waals surface area contributed by atoms with Crippen molar-refractivity contribution >= 4 is 46.1 Å². The number of para-hydroxylation sites is 1. The van der Waals surface area contributed by atoms with Crippen LogP contribution in [0.2, 0.25) is 10.0 Å². The summed E-state index contributed by atoms with van der Waals surface area (Å²) in [5.74, 6) is 2.61. The summed E-state index contributed by atoms with van der Waals surface area (Å²) in [6, 6.07) is 14.4. The number of aromatic amines is 1. The number of nitrogens with zero attached hydrogens (tertiary/aromatic N) is 1. The van der Waals surface area contributed by atoms with Crippen LogP contribution < -0.4 is 5.32 Å². The molecule has 0 spiro atoms. The number of aromatic nitrogens is 1. The second-order valence-electron chi connectivity index (χ2n) is 11.3. The smallest absolute Gasteiger partial charge is 0.244 e. The molecule has 3 aliphatic rings. The number of benzene rings is 2. The Morgan fingerprint density at radius 1 is 1.00 bits per heavy atom. The molecule has 1 saturated heterocycles. The number of fused-ring (bicyclic) bond motifs is 3. The fourth-order valence-electron chi connectivity index (χ4n) is 7.26. The summed E-state index contributed by atoms with van der Waals surface area (Å²) in [5.41, 5.74) is 3.63. The molecule has 1 aromatic heterocycles. The third-order valence-electron chi connectivity index (χ3n) is 9.04. The number of nitrogens with one attached hydrogen (secondary N) is 2. The van der Waals surface area contributed by atoms with Crippen molar-refractivity contribution in [2.24, 2.45) is 17.8 Å². The van der Waals surface area contributed by atoms with Gasteiger partial charge >= 0.3 is 0 Å². The number of likely N-dealkylation sites (tertiary alicyclic amines) is 1. The fourth-order valence-corrected chi connectivity index (χ4v) is 7.57. The molecule has 2 N–H and O–H groups in total. The van der Waals surface area contributed by atoms with Gasteiger partial charge < -0.3 is 15.2 Å². The predicted octanol–water partition coefficient (Wildman–Crippen LogP) is 7.29. The largest absolute Gasteiger partial charge is 0.361 e. The first-order chi connectivity index (χ1) is 18.0. The summed E-state index contributed by atoms with van der Waals surface area (Å²) in [6.07, 6.45) is 13.1. The van der Waals surface area contributed by atoms with Gasteiger partial charge in [-0.1, -0.05) is 47.5 Å². The third kappa shape index (κ3) is 5.48. The van der Waals surface area contributed by atoms with Crippen molar-refractivity contribution in [1.29, 1.82) is 0 Å². The lowest BCUT2D eigenvalue weighted by molar-refractivity contribution is -0.118. The lowest BCUT2D eigenvalue weighted by atomic mass is 9.76. The van der Waals surface area contributed by atoms with Gasteiger partial charge in [0.25, 0.3) is 0 Å². The molecule has 1 amide bonds. The monoisotopic (exact) mass is 535 g/mol.